The number of alkyl halides is 3. The maximum absolute atomic E-state index is 12.7. The van der Waals surface area contributed by atoms with Crippen LogP contribution in [0.25, 0.3) is 11.6 Å². The van der Waals surface area contributed by atoms with E-state index >= 15 is 0 Å². The molecule has 1 aromatic carbocycles. The van der Waals surface area contributed by atoms with E-state index in [0.29, 0.717) is 11.8 Å². The fourth-order valence-corrected chi connectivity index (χ4v) is 2.22. The molecule has 24 heavy (non-hydrogen) atoms. The molecule has 0 aliphatic heterocycles. The summed E-state index contributed by atoms with van der Waals surface area (Å²) in [6, 6.07) is 7.92. The number of nitrogens with zero attached hydrogens (tertiary/aromatic N) is 1. The van der Waals surface area contributed by atoms with Crippen molar-refractivity contribution < 1.29 is 22.7 Å². The van der Waals surface area contributed by atoms with E-state index in [0.717, 1.165) is 11.6 Å². The molecule has 0 aliphatic rings. The van der Waals surface area contributed by atoms with Crippen LogP contribution in [0.5, 0.6) is 0 Å². The zero-order valence-corrected chi connectivity index (χ0v) is 13.6. The van der Waals surface area contributed by atoms with Crippen LogP contribution >= 0.6 is 11.6 Å². The number of halogens is 4. The molecule has 0 aliphatic carbocycles. The fraction of sp³-hybridized carbons (Fsp3) is 0.176. The lowest BCUT2D eigenvalue weighted by molar-refractivity contribution is -0.137. The Morgan fingerprint density at radius 2 is 1.88 bits per heavy atom. The fourth-order valence-electron chi connectivity index (χ4n) is 1.95. The van der Waals surface area contributed by atoms with Gasteiger partial charge in [-0.2, -0.15) is 13.2 Å². The van der Waals surface area contributed by atoms with Crippen molar-refractivity contribution >= 4 is 29.2 Å². The number of pyridine rings is 1. The first-order valence-electron chi connectivity index (χ1n) is 6.82. The van der Waals surface area contributed by atoms with Crippen molar-refractivity contribution in [3.63, 3.8) is 0 Å². The summed E-state index contributed by atoms with van der Waals surface area (Å²) in [7, 11) is 1.17. The number of carbonyl (C=O) groups excluding carboxylic acids is 1. The number of aryl methyl sites for hydroxylation is 1. The lowest BCUT2D eigenvalue weighted by atomic mass is 10.1. The predicted octanol–water partition coefficient (Wildman–Crippen LogP) is 4.78. The van der Waals surface area contributed by atoms with Crippen LogP contribution in [0.2, 0.25) is 5.02 Å². The second kappa shape index (κ2) is 7.05. The molecule has 0 fully saturated rings. The Labute approximate surface area is 141 Å². The molecule has 0 amide bonds. The Morgan fingerprint density at radius 3 is 2.38 bits per heavy atom. The number of hydrogen-bond acceptors (Lipinski definition) is 3. The largest absolute Gasteiger partial charge is 0.465 e. The molecule has 2 aromatic rings. The van der Waals surface area contributed by atoms with E-state index in [1.54, 1.807) is 12.1 Å². The average molecular weight is 356 g/mol. The Morgan fingerprint density at radius 1 is 1.25 bits per heavy atom. The van der Waals surface area contributed by atoms with E-state index in [1.807, 2.05) is 19.1 Å². The Hall–Kier alpha value is -2.34. The number of carbonyl (C=O) groups is 1. The van der Waals surface area contributed by atoms with Gasteiger partial charge in [-0.15, -0.1) is 0 Å². The molecular formula is C17H13ClF3NO2. The first-order chi connectivity index (χ1) is 11.2. The van der Waals surface area contributed by atoms with Gasteiger partial charge in [0.15, 0.2) is 0 Å². The van der Waals surface area contributed by atoms with E-state index in [1.165, 1.54) is 13.2 Å². The molecule has 7 heteroatoms. The molecule has 0 saturated carbocycles. The van der Waals surface area contributed by atoms with Crippen LogP contribution in [0.15, 0.2) is 36.5 Å². The molecule has 0 N–H and O–H groups in total. The second-order valence-electron chi connectivity index (χ2n) is 5.01. The number of rotatable bonds is 3. The van der Waals surface area contributed by atoms with Crippen LogP contribution in [-0.4, -0.2) is 18.1 Å². The van der Waals surface area contributed by atoms with Crippen molar-refractivity contribution in [3.05, 3.63) is 63.9 Å². The molecule has 0 spiro atoms. The second-order valence-corrected chi connectivity index (χ2v) is 5.42. The summed E-state index contributed by atoms with van der Waals surface area (Å²) >= 11 is 5.91. The van der Waals surface area contributed by atoms with Gasteiger partial charge in [0.2, 0.25) is 0 Å². The van der Waals surface area contributed by atoms with Crippen molar-refractivity contribution in [2.24, 2.45) is 0 Å². The zero-order chi connectivity index (χ0) is 17.9. The smallest absolute Gasteiger partial charge is 0.417 e. The quantitative estimate of drug-likeness (QED) is 0.587. The molecule has 0 saturated heterocycles. The number of benzene rings is 1. The first kappa shape index (κ1) is 18.0. The SMILES string of the molecule is COC(=O)/C(=C\c1ccc(C)cc1)c1ncc(C(F)(F)F)cc1Cl. The van der Waals surface area contributed by atoms with Gasteiger partial charge in [0, 0.05) is 6.20 Å². The normalized spacial score (nSPS) is 12.2. The first-order valence-corrected chi connectivity index (χ1v) is 7.20. The standard InChI is InChI=1S/C17H13ClF3NO2/c1-10-3-5-11(6-4-10)7-13(16(23)24-2)15-14(18)8-12(9-22-15)17(19,20)21/h3-9H,1-2H3/b13-7-. The molecule has 2 rings (SSSR count). The molecule has 126 valence electrons. The van der Waals surface area contributed by atoms with Gasteiger partial charge < -0.3 is 4.74 Å². The van der Waals surface area contributed by atoms with E-state index in [9.17, 15) is 18.0 Å². The lowest BCUT2D eigenvalue weighted by Gasteiger charge is -2.11. The third-order valence-electron chi connectivity index (χ3n) is 3.22. The summed E-state index contributed by atoms with van der Waals surface area (Å²) in [6.45, 7) is 1.91. The number of ether oxygens (including phenoxy) is 1. The Kier molecular flexibility index (Phi) is 5.29. The summed E-state index contributed by atoms with van der Waals surface area (Å²) in [5, 5.41) is -0.284. The number of methoxy groups -OCH3 is 1. The summed E-state index contributed by atoms with van der Waals surface area (Å²) in [5.74, 6) is -0.746. The minimum atomic E-state index is -4.57. The summed E-state index contributed by atoms with van der Waals surface area (Å²) in [4.78, 5) is 15.7. The molecule has 1 heterocycles. The van der Waals surface area contributed by atoms with Gasteiger partial charge in [-0.05, 0) is 24.6 Å². The summed E-state index contributed by atoms with van der Waals surface area (Å²) in [5.41, 5.74) is 0.601. The van der Waals surface area contributed by atoms with E-state index in [2.05, 4.69) is 9.72 Å². The molecule has 0 unspecified atom stereocenters. The molecule has 3 nitrogen and oxygen atoms in total. The summed E-state index contributed by atoms with van der Waals surface area (Å²) < 4.78 is 42.8. The molecular weight excluding hydrogens is 343 g/mol. The van der Waals surface area contributed by atoms with Gasteiger partial charge in [0.1, 0.15) is 0 Å². The van der Waals surface area contributed by atoms with Gasteiger partial charge in [-0.1, -0.05) is 41.4 Å². The predicted molar refractivity (Wildman–Crippen MR) is 85.3 cm³/mol. The third-order valence-corrected chi connectivity index (χ3v) is 3.51. The van der Waals surface area contributed by atoms with Crippen molar-refractivity contribution in [1.82, 2.24) is 4.98 Å². The van der Waals surface area contributed by atoms with Crippen molar-refractivity contribution in [2.45, 2.75) is 13.1 Å². The Balaban J connectivity index is 2.53. The number of esters is 1. The van der Waals surface area contributed by atoms with Crippen molar-refractivity contribution in [1.29, 1.82) is 0 Å². The highest BCUT2D eigenvalue weighted by Gasteiger charge is 2.32. The minimum absolute atomic E-state index is 0.0277. The zero-order valence-electron chi connectivity index (χ0n) is 12.8. The maximum Gasteiger partial charge on any atom is 0.417 e. The number of aromatic nitrogens is 1. The summed E-state index contributed by atoms with van der Waals surface area (Å²) in [6.07, 6.45) is -2.47. The van der Waals surface area contributed by atoms with Crippen LogP contribution in [0.1, 0.15) is 22.4 Å². The van der Waals surface area contributed by atoms with Crippen LogP contribution in [0, 0.1) is 6.92 Å². The van der Waals surface area contributed by atoms with Gasteiger partial charge in [0.05, 0.1) is 29.0 Å². The monoisotopic (exact) mass is 355 g/mol. The van der Waals surface area contributed by atoms with Crippen molar-refractivity contribution in [2.75, 3.05) is 7.11 Å². The van der Waals surface area contributed by atoms with Gasteiger partial charge in [-0.3, -0.25) is 4.98 Å². The Bertz CT molecular complexity index is 783. The third kappa shape index (κ3) is 4.14. The van der Waals surface area contributed by atoms with E-state index < -0.39 is 17.7 Å². The van der Waals surface area contributed by atoms with Crippen molar-refractivity contribution in [3.8, 4) is 0 Å². The van der Waals surface area contributed by atoms with Crippen LogP contribution in [0.4, 0.5) is 13.2 Å². The van der Waals surface area contributed by atoms with E-state index in [-0.39, 0.29) is 16.3 Å². The number of hydrogen-bond donors (Lipinski definition) is 0. The molecule has 0 atom stereocenters. The molecule has 0 bridgehead atoms. The van der Waals surface area contributed by atoms with Crippen LogP contribution in [0.3, 0.4) is 0 Å². The molecule has 0 radical (unpaired) electrons. The topological polar surface area (TPSA) is 39.2 Å². The van der Waals surface area contributed by atoms with E-state index in [4.69, 9.17) is 11.6 Å². The average Bonchev–Trinajstić information content (AvgIpc) is 2.53. The maximum atomic E-state index is 12.7. The van der Waals surface area contributed by atoms with Crippen LogP contribution in [-0.2, 0) is 15.7 Å². The highest BCUT2D eigenvalue weighted by Crippen LogP contribution is 2.33. The lowest BCUT2D eigenvalue weighted by Crippen LogP contribution is -2.09. The van der Waals surface area contributed by atoms with Gasteiger partial charge >= 0.3 is 12.1 Å². The van der Waals surface area contributed by atoms with Gasteiger partial charge in [0.25, 0.3) is 0 Å². The van der Waals surface area contributed by atoms with Gasteiger partial charge in [-0.25, -0.2) is 4.79 Å². The highest BCUT2D eigenvalue weighted by molar-refractivity contribution is 6.35. The highest BCUT2D eigenvalue weighted by atomic mass is 35.5. The van der Waals surface area contributed by atoms with Crippen LogP contribution < -0.4 is 0 Å². The minimum Gasteiger partial charge on any atom is -0.465 e. The molecule has 1 aromatic heterocycles.